The van der Waals surface area contributed by atoms with E-state index in [0.29, 0.717) is 34.5 Å². The smallest absolute Gasteiger partial charge is 0.289 e. The van der Waals surface area contributed by atoms with Crippen LogP contribution < -0.4 is 21.1 Å². The topological polar surface area (TPSA) is 88.2 Å². The van der Waals surface area contributed by atoms with Crippen molar-refractivity contribution in [1.82, 2.24) is 24.4 Å². The maximum Gasteiger partial charge on any atom is 0.289 e. The molecule has 0 unspecified atom stereocenters. The largest absolute Gasteiger partial charge is 0.367 e. The lowest BCUT2D eigenvalue weighted by Crippen LogP contribution is -2.39. The van der Waals surface area contributed by atoms with E-state index in [9.17, 15) is 17.6 Å². The van der Waals surface area contributed by atoms with Crippen LogP contribution in [0.3, 0.4) is 0 Å². The molecule has 0 bridgehead atoms. The third-order valence-corrected chi connectivity index (χ3v) is 5.29. The van der Waals surface area contributed by atoms with E-state index in [0.717, 1.165) is 6.54 Å². The summed E-state index contributed by atoms with van der Waals surface area (Å²) in [5.74, 6) is -1.79. The molecule has 0 aromatic carbocycles. The molecule has 3 N–H and O–H groups in total. The van der Waals surface area contributed by atoms with Gasteiger partial charge in [0.1, 0.15) is 11.3 Å². The number of imidazole rings is 1. The highest BCUT2D eigenvalue weighted by Gasteiger charge is 2.33. The van der Waals surface area contributed by atoms with E-state index in [4.69, 9.17) is 5.73 Å². The summed E-state index contributed by atoms with van der Waals surface area (Å²) < 4.78 is 54.3. The second-order valence-electron chi connectivity index (χ2n) is 7.68. The predicted octanol–water partition coefficient (Wildman–Crippen LogP) is 2.75. The number of allylic oxidation sites excluding steroid dienone is 1. The molecular formula is C22H29F4N8+. The summed E-state index contributed by atoms with van der Waals surface area (Å²) >= 11 is 0. The van der Waals surface area contributed by atoms with E-state index >= 15 is 0 Å². The first kappa shape index (κ1) is 25.3. The SMILES string of the molecule is CC.CN1CCCC(F)(F)C1.CNc1nc(N)n[n+]2c1/C(=c1/ccc3ncc(C(F)F)n13)C=C2. The highest BCUT2D eigenvalue weighted by Crippen LogP contribution is 2.25. The molecule has 0 saturated carbocycles. The van der Waals surface area contributed by atoms with Gasteiger partial charge in [-0.25, -0.2) is 22.5 Å². The predicted molar refractivity (Wildman–Crippen MR) is 122 cm³/mol. The van der Waals surface area contributed by atoms with Gasteiger partial charge in [-0.05, 0) is 36.8 Å². The van der Waals surface area contributed by atoms with Gasteiger partial charge >= 0.3 is 0 Å². The molecular weight excluding hydrogens is 452 g/mol. The number of nitrogens with one attached hydrogen (secondary N) is 1. The average Bonchev–Trinajstić information content (AvgIpc) is 3.48. The van der Waals surface area contributed by atoms with E-state index in [1.807, 2.05) is 13.8 Å². The van der Waals surface area contributed by atoms with Gasteiger partial charge in [-0.3, -0.25) is 4.40 Å². The molecule has 8 nitrogen and oxygen atoms in total. The summed E-state index contributed by atoms with van der Waals surface area (Å²) in [6.45, 7) is 4.75. The standard InChI is InChI=1S/C14H12F2N7.C6H11F2N.C2H6/c1-18-13-11-7(4-5-22(11)21-14(17)20-13)8-2-3-10-19-6-9(12(15)16)23(8)10;1-9-4-2-3-6(7,8)5-9;1-2/h2-6,12H,1H3,(H3,17,18,20,21);2-5H2,1H3;1-2H3/q+1;;. The molecule has 0 amide bonds. The zero-order valence-corrected chi connectivity index (χ0v) is 19.6. The van der Waals surface area contributed by atoms with Gasteiger partial charge in [0, 0.05) is 24.6 Å². The van der Waals surface area contributed by atoms with Gasteiger partial charge in [-0.1, -0.05) is 13.8 Å². The second kappa shape index (κ2) is 10.3. The Bertz CT molecular complexity index is 1220. The first-order valence-electron chi connectivity index (χ1n) is 11.0. The third-order valence-electron chi connectivity index (χ3n) is 5.29. The van der Waals surface area contributed by atoms with Crippen molar-refractivity contribution in [1.29, 1.82) is 0 Å². The number of hydrogen-bond acceptors (Lipinski definition) is 6. The number of piperidine rings is 1. The van der Waals surface area contributed by atoms with Crippen LogP contribution in [0.25, 0.3) is 17.4 Å². The van der Waals surface area contributed by atoms with Crippen LogP contribution in [-0.2, 0) is 0 Å². The van der Waals surface area contributed by atoms with E-state index in [1.165, 1.54) is 10.6 Å². The highest BCUT2D eigenvalue weighted by molar-refractivity contribution is 5.80. The van der Waals surface area contributed by atoms with Crippen LogP contribution in [-0.4, -0.2) is 57.5 Å². The van der Waals surface area contributed by atoms with Gasteiger partial charge in [-0.15, -0.1) is 0 Å². The van der Waals surface area contributed by atoms with Crippen LogP contribution in [0.2, 0.25) is 0 Å². The summed E-state index contributed by atoms with van der Waals surface area (Å²) in [6.07, 6.45) is 2.77. The number of nitrogens with zero attached hydrogens (tertiary/aromatic N) is 6. The summed E-state index contributed by atoms with van der Waals surface area (Å²) in [5, 5.41) is 7.66. The Morgan fingerprint density at radius 2 is 1.97 bits per heavy atom. The molecule has 0 atom stereocenters. The minimum atomic E-state index is -2.62. The minimum Gasteiger partial charge on any atom is -0.367 e. The fourth-order valence-electron chi connectivity index (χ4n) is 3.94. The van der Waals surface area contributed by atoms with E-state index in [-0.39, 0.29) is 24.6 Å². The van der Waals surface area contributed by atoms with Gasteiger partial charge in [0.2, 0.25) is 12.0 Å². The van der Waals surface area contributed by atoms with Crippen molar-refractivity contribution in [3.8, 4) is 0 Å². The van der Waals surface area contributed by atoms with E-state index < -0.39 is 12.3 Å². The normalized spacial score (nSPS) is 18.3. The lowest BCUT2D eigenvalue weighted by atomic mass is 10.1. The Hall–Kier alpha value is -3.28. The molecule has 1 fully saturated rings. The summed E-state index contributed by atoms with van der Waals surface area (Å²) in [7, 11) is 3.44. The number of alkyl halides is 4. The molecule has 34 heavy (non-hydrogen) atoms. The molecule has 5 heterocycles. The fourth-order valence-corrected chi connectivity index (χ4v) is 3.94. The molecule has 0 aliphatic carbocycles. The zero-order valence-electron chi connectivity index (χ0n) is 19.6. The van der Waals surface area contributed by atoms with Crippen LogP contribution in [0.4, 0.5) is 29.3 Å². The minimum absolute atomic E-state index is 0.0625. The fraction of sp³-hybridized carbons (Fsp3) is 0.455. The number of halogens is 4. The summed E-state index contributed by atoms with van der Waals surface area (Å²) in [6, 6.07) is 3.45. The van der Waals surface area contributed by atoms with Crippen molar-refractivity contribution in [2.75, 3.05) is 38.2 Å². The number of fused-ring (bicyclic) bond motifs is 2. The average molecular weight is 482 g/mol. The number of anilines is 2. The van der Waals surface area contributed by atoms with Crippen LogP contribution in [0.1, 0.15) is 44.5 Å². The summed E-state index contributed by atoms with van der Waals surface area (Å²) in [4.78, 5) is 9.84. The molecule has 3 aromatic rings. The van der Waals surface area contributed by atoms with Crippen molar-refractivity contribution in [2.24, 2.45) is 0 Å². The van der Waals surface area contributed by atoms with E-state index in [1.54, 1.807) is 48.1 Å². The van der Waals surface area contributed by atoms with Gasteiger partial charge in [0.15, 0.2) is 0 Å². The quantitative estimate of drug-likeness (QED) is 0.432. The molecule has 0 radical (unpaired) electrons. The van der Waals surface area contributed by atoms with Crippen LogP contribution in [0.5, 0.6) is 0 Å². The van der Waals surface area contributed by atoms with Crippen molar-refractivity contribution >= 4 is 29.2 Å². The maximum absolute atomic E-state index is 13.2. The number of hydrogen-bond donors (Lipinski definition) is 2. The third kappa shape index (κ3) is 5.11. The highest BCUT2D eigenvalue weighted by atomic mass is 19.3. The molecule has 12 heteroatoms. The van der Waals surface area contributed by atoms with Crippen molar-refractivity contribution in [3.63, 3.8) is 0 Å². The number of aromatic nitrogens is 5. The van der Waals surface area contributed by atoms with Crippen LogP contribution in [0, 0.1) is 0 Å². The molecule has 0 spiro atoms. The van der Waals surface area contributed by atoms with Gasteiger partial charge in [0.25, 0.3) is 24.0 Å². The number of likely N-dealkylation sites (tertiary alicyclic amines) is 1. The van der Waals surface area contributed by atoms with Gasteiger partial charge in [-0.2, -0.15) is 4.98 Å². The molecule has 5 rings (SSSR count). The van der Waals surface area contributed by atoms with Gasteiger partial charge < -0.3 is 16.0 Å². The molecule has 184 valence electrons. The zero-order chi connectivity index (χ0) is 25.0. The Morgan fingerprint density at radius 3 is 2.56 bits per heavy atom. The number of nitrogens with two attached hydrogens (primary N) is 1. The van der Waals surface area contributed by atoms with Gasteiger partial charge in [0.05, 0.1) is 23.7 Å². The Labute approximate surface area is 194 Å². The van der Waals surface area contributed by atoms with Crippen LogP contribution >= 0.6 is 0 Å². The van der Waals surface area contributed by atoms with Crippen molar-refractivity contribution in [3.05, 3.63) is 41.1 Å². The first-order valence-corrected chi connectivity index (χ1v) is 11.0. The number of rotatable bonds is 2. The van der Waals surface area contributed by atoms with Crippen LogP contribution in [0.15, 0.2) is 24.4 Å². The molecule has 3 aromatic heterocycles. The van der Waals surface area contributed by atoms with E-state index in [2.05, 4.69) is 20.4 Å². The lowest BCUT2D eigenvalue weighted by molar-refractivity contribution is -0.632. The number of nitrogen functional groups attached to an aromatic ring is 1. The Kier molecular flexibility index (Phi) is 7.70. The van der Waals surface area contributed by atoms with Crippen molar-refractivity contribution in [2.45, 2.75) is 39.0 Å². The monoisotopic (exact) mass is 481 g/mol. The lowest BCUT2D eigenvalue weighted by Gasteiger charge is -2.28. The maximum atomic E-state index is 13.2. The van der Waals surface area contributed by atoms with Crippen molar-refractivity contribution < 1.29 is 22.2 Å². The summed E-state index contributed by atoms with van der Waals surface area (Å²) in [5.41, 5.74) is 7.35. The first-order chi connectivity index (χ1) is 16.2. The Balaban J connectivity index is 0.000000248. The molecule has 1 saturated heterocycles. The molecule has 2 aliphatic heterocycles. The molecule has 2 aliphatic rings. The second-order valence-corrected chi connectivity index (χ2v) is 7.68. The Morgan fingerprint density at radius 1 is 1.24 bits per heavy atom.